The molecule has 1 amide bonds. The summed E-state index contributed by atoms with van der Waals surface area (Å²) in [6, 6.07) is 8.09. The van der Waals surface area contributed by atoms with Crippen LogP contribution in [0.25, 0.3) is 0 Å². The molecule has 1 aliphatic heterocycles. The summed E-state index contributed by atoms with van der Waals surface area (Å²) < 4.78 is 0. The maximum absolute atomic E-state index is 12.4. The van der Waals surface area contributed by atoms with Crippen LogP contribution >= 0.6 is 11.6 Å². The Morgan fingerprint density at radius 1 is 1.32 bits per heavy atom. The van der Waals surface area contributed by atoms with Crippen molar-refractivity contribution in [1.29, 1.82) is 0 Å². The van der Waals surface area contributed by atoms with Crippen LogP contribution in [0, 0.1) is 5.92 Å². The van der Waals surface area contributed by atoms with Gasteiger partial charge in [-0.3, -0.25) is 4.79 Å². The molecule has 3 nitrogen and oxygen atoms in total. The van der Waals surface area contributed by atoms with Crippen LogP contribution in [0.3, 0.4) is 0 Å². The first-order valence-corrected chi connectivity index (χ1v) is 8.65. The molecule has 1 aromatic rings. The largest absolute Gasteiger partial charge is 0.343 e. The summed E-state index contributed by atoms with van der Waals surface area (Å²) in [6.45, 7) is 4.31. The van der Waals surface area contributed by atoms with E-state index in [2.05, 4.69) is 12.2 Å². The minimum atomic E-state index is 0.210. The summed E-state index contributed by atoms with van der Waals surface area (Å²) >= 11 is 5.91. The molecule has 22 heavy (non-hydrogen) atoms. The lowest BCUT2D eigenvalue weighted by molar-refractivity contribution is -0.132. The van der Waals surface area contributed by atoms with Crippen molar-refractivity contribution in [2.45, 2.75) is 45.1 Å². The molecule has 1 aromatic carbocycles. The predicted octanol–water partition coefficient (Wildman–Crippen LogP) is 3.51. The Bertz CT molecular complexity index is 468. The van der Waals surface area contributed by atoms with E-state index in [1.807, 2.05) is 36.2 Å². The lowest BCUT2D eigenvalue weighted by Crippen LogP contribution is -2.37. The number of amides is 1. The average Bonchev–Trinajstić information content (AvgIpc) is 2.55. The maximum atomic E-state index is 12.4. The van der Waals surface area contributed by atoms with Gasteiger partial charge in [0.1, 0.15) is 0 Å². The van der Waals surface area contributed by atoms with Gasteiger partial charge in [0.15, 0.2) is 0 Å². The van der Waals surface area contributed by atoms with Gasteiger partial charge in [-0.15, -0.1) is 0 Å². The number of halogens is 1. The smallest absolute Gasteiger partial charge is 0.222 e. The van der Waals surface area contributed by atoms with Crippen molar-refractivity contribution in [3.05, 3.63) is 34.9 Å². The summed E-state index contributed by atoms with van der Waals surface area (Å²) in [5, 5.41) is 4.12. The van der Waals surface area contributed by atoms with Gasteiger partial charge in [0.25, 0.3) is 0 Å². The second-order valence-electron chi connectivity index (χ2n) is 6.42. The zero-order valence-electron chi connectivity index (χ0n) is 13.6. The average molecular weight is 323 g/mol. The highest BCUT2D eigenvalue weighted by atomic mass is 35.5. The molecule has 1 heterocycles. The Balaban J connectivity index is 1.77. The van der Waals surface area contributed by atoms with Crippen molar-refractivity contribution in [1.82, 2.24) is 10.2 Å². The highest BCUT2D eigenvalue weighted by Gasteiger charge is 2.19. The number of carbonyl (C=O) groups is 1. The van der Waals surface area contributed by atoms with Crippen LogP contribution in [0.1, 0.15) is 38.2 Å². The van der Waals surface area contributed by atoms with Gasteiger partial charge in [0.05, 0.1) is 0 Å². The summed E-state index contributed by atoms with van der Waals surface area (Å²) in [5.74, 6) is 0.977. The number of carbonyl (C=O) groups excluding carboxylic acids is 1. The van der Waals surface area contributed by atoms with E-state index in [4.69, 9.17) is 11.6 Å². The fourth-order valence-electron chi connectivity index (χ4n) is 3.02. The van der Waals surface area contributed by atoms with Crippen molar-refractivity contribution in [3.63, 3.8) is 0 Å². The van der Waals surface area contributed by atoms with E-state index < -0.39 is 0 Å². The van der Waals surface area contributed by atoms with Gasteiger partial charge in [-0.05, 0) is 69.3 Å². The second kappa shape index (κ2) is 8.54. The predicted molar refractivity (Wildman–Crippen MR) is 92.2 cm³/mol. The zero-order valence-corrected chi connectivity index (χ0v) is 14.4. The molecule has 1 aliphatic rings. The van der Waals surface area contributed by atoms with Crippen LogP contribution < -0.4 is 5.32 Å². The van der Waals surface area contributed by atoms with Gasteiger partial charge in [0.2, 0.25) is 5.91 Å². The van der Waals surface area contributed by atoms with Gasteiger partial charge in [0, 0.05) is 24.5 Å². The van der Waals surface area contributed by atoms with E-state index in [0.717, 1.165) is 31.0 Å². The third kappa shape index (κ3) is 5.29. The van der Waals surface area contributed by atoms with Crippen LogP contribution in [0.2, 0.25) is 5.02 Å². The van der Waals surface area contributed by atoms with Gasteiger partial charge >= 0.3 is 0 Å². The number of nitrogens with one attached hydrogen (secondary N) is 1. The Kier molecular flexibility index (Phi) is 6.71. The van der Waals surface area contributed by atoms with Gasteiger partial charge in [-0.25, -0.2) is 0 Å². The summed E-state index contributed by atoms with van der Waals surface area (Å²) in [6.07, 6.45) is 4.98. The zero-order chi connectivity index (χ0) is 15.9. The minimum absolute atomic E-state index is 0.210. The third-order valence-corrected chi connectivity index (χ3v) is 4.98. The van der Waals surface area contributed by atoms with E-state index in [1.165, 1.54) is 18.4 Å². The second-order valence-corrected chi connectivity index (χ2v) is 6.85. The molecular formula is C18H27ClN2O. The van der Waals surface area contributed by atoms with Crippen LogP contribution in [-0.2, 0) is 11.2 Å². The molecule has 2 rings (SSSR count). The first kappa shape index (κ1) is 17.3. The fourth-order valence-corrected chi connectivity index (χ4v) is 3.14. The van der Waals surface area contributed by atoms with Crippen LogP contribution in [0.5, 0.6) is 0 Å². The highest BCUT2D eigenvalue weighted by Crippen LogP contribution is 2.19. The molecule has 0 saturated carbocycles. The number of rotatable bonds is 6. The Labute approximate surface area is 139 Å². The van der Waals surface area contributed by atoms with Crippen molar-refractivity contribution >= 4 is 17.5 Å². The number of likely N-dealkylation sites (N-methyl/N-ethyl adjacent to an activating group) is 1. The van der Waals surface area contributed by atoms with E-state index >= 15 is 0 Å². The lowest BCUT2D eigenvalue weighted by atomic mass is 9.93. The minimum Gasteiger partial charge on any atom is -0.343 e. The quantitative estimate of drug-likeness (QED) is 0.869. The van der Waals surface area contributed by atoms with Gasteiger partial charge in [-0.2, -0.15) is 0 Å². The molecule has 0 spiro atoms. The number of hydrogen-bond acceptors (Lipinski definition) is 2. The molecule has 4 heteroatoms. The van der Waals surface area contributed by atoms with Crippen molar-refractivity contribution in [3.8, 4) is 0 Å². The molecule has 0 aliphatic carbocycles. The first-order valence-electron chi connectivity index (χ1n) is 8.27. The molecule has 1 N–H and O–H groups in total. The van der Waals surface area contributed by atoms with Gasteiger partial charge in [-0.1, -0.05) is 23.7 Å². The van der Waals surface area contributed by atoms with Gasteiger partial charge < -0.3 is 10.2 Å². The van der Waals surface area contributed by atoms with Crippen LogP contribution in [-0.4, -0.2) is 37.0 Å². The summed E-state index contributed by atoms with van der Waals surface area (Å²) in [4.78, 5) is 14.3. The highest BCUT2D eigenvalue weighted by molar-refractivity contribution is 6.30. The standard InChI is InChI=1S/C18H27ClN2O/c1-14(13-16-3-6-17(19)7-4-16)21(2)18(22)8-5-15-9-11-20-12-10-15/h3-4,6-7,14-15,20H,5,8-13H2,1-2H3. The van der Waals surface area contributed by atoms with E-state index in [9.17, 15) is 4.79 Å². The maximum Gasteiger partial charge on any atom is 0.222 e. The molecule has 122 valence electrons. The Morgan fingerprint density at radius 2 is 1.95 bits per heavy atom. The molecule has 1 fully saturated rings. The SMILES string of the molecule is CC(Cc1ccc(Cl)cc1)N(C)C(=O)CCC1CCNCC1. The molecular weight excluding hydrogens is 296 g/mol. The monoisotopic (exact) mass is 322 g/mol. The number of nitrogens with zero attached hydrogens (tertiary/aromatic N) is 1. The molecule has 1 saturated heterocycles. The lowest BCUT2D eigenvalue weighted by Gasteiger charge is -2.27. The summed E-state index contributed by atoms with van der Waals surface area (Å²) in [5.41, 5.74) is 1.22. The molecule has 0 bridgehead atoms. The first-order chi connectivity index (χ1) is 10.6. The molecule has 0 radical (unpaired) electrons. The van der Waals surface area contributed by atoms with Crippen molar-refractivity contribution in [2.75, 3.05) is 20.1 Å². The number of hydrogen-bond donors (Lipinski definition) is 1. The fraction of sp³-hybridized carbons (Fsp3) is 0.611. The summed E-state index contributed by atoms with van der Waals surface area (Å²) in [7, 11) is 1.92. The molecule has 1 atom stereocenters. The van der Waals surface area contributed by atoms with Crippen LogP contribution in [0.15, 0.2) is 24.3 Å². The van der Waals surface area contributed by atoms with E-state index in [-0.39, 0.29) is 11.9 Å². The third-order valence-electron chi connectivity index (χ3n) is 4.72. The number of piperidine rings is 1. The van der Waals surface area contributed by atoms with Crippen LogP contribution in [0.4, 0.5) is 0 Å². The molecule has 1 unspecified atom stereocenters. The number of benzene rings is 1. The van der Waals surface area contributed by atoms with E-state index in [1.54, 1.807) is 0 Å². The molecule has 0 aromatic heterocycles. The van der Waals surface area contributed by atoms with Crippen molar-refractivity contribution in [2.24, 2.45) is 5.92 Å². The Morgan fingerprint density at radius 3 is 2.59 bits per heavy atom. The van der Waals surface area contributed by atoms with E-state index in [0.29, 0.717) is 12.3 Å². The van der Waals surface area contributed by atoms with Crippen molar-refractivity contribution < 1.29 is 4.79 Å². The Hall–Kier alpha value is -1.06. The normalized spacial score (nSPS) is 17.2. The topological polar surface area (TPSA) is 32.3 Å².